The summed E-state index contributed by atoms with van der Waals surface area (Å²) in [6.45, 7) is 0. The van der Waals surface area contributed by atoms with Gasteiger partial charge in [0.25, 0.3) is 0 Å². The van der Waals surface area contributed by atoms with Gasteiger partial charge in [-0.05, 0) is 167 Å². The molecule has 0 aliphatic heterocycles. The zero-order valence-corrected chi connectivity index (χ0v) is 62.8. The summed E-state index contributed by atoms with van der Waals surface area (Å²) in [5.41, 5.74) is 37.8. The van der Waals surface area contributed by atoms with Crippen molar-refractivity contribution in [1.29, 1.82) is 0 Å². The van der Waals surface area contributed by atoms with Gasteiger partial charge in [0.05, 0.1) is 33.1 Å². The molecule has 6 heterocycles. The number of benzene rings is 16. The Morgan fingerprint density at radius 2 is 0.590 bits per heavy atom. The minimum atomic E-state index is -0.559. The molecule has 544 valence electrons. The Balaban J connectivity index is 0.0000000961. The van der Waals surface area contributed by atoms with E-state index in [0.29, 0.717) is 0 Å². The third-order valence-corrected chi connectivity index (χ3v) is 25.9. The van der Waals surface area contributed by atoms with E-state index >= 15 is 0 Å². The number of furan rings is 3. The van der Waals surface area contributed by atoms with E-state index in [1.165, 1.54) is 122 Å². The third-order valence-electron chi connectivity index (χ3n) is 25.9. The molecule has 22 aromatic rings. The number of hydrogen-bond donors (Lipinski definition) is 2. The molecule has 6 aromatic heterocycles. The quantitative estimate of drug-likeness (QED) is 0.181. The van der Waals surface area contributed by atoms with Crippen molar-refractivity contribution in [2.75, 3.05) is 0 Å². The maximum absolute atomic E-state index is 6.91. The molecule has 0 bridgehead atoms. The smallest absolute Gasteiger partial charge is 0.145 e. The average molecular weight is 1490 g/mol. The Morgan fingerprint density at radius 1 is 0.239 bits per heavy atom. The van der Waals surface area contributed by atoms with Crippen LogP contribution < -0.4 is 0 Å². The van der Waals surface area contributed by atoms with Gasteiger partial charge in [-0.15, -0.1) is 0 Å². The first kappa shape index (κ1) is 64.1. The summed E-state index contributed by atoms with van der Waals surface area (Å²) in [5, 5.41) is 3.47. The highest BCUT2D eigenvalue weighted by atomic mass is 16.3. The van der Waals surface area contributed by atoms with Crippen LogP contribution in [0.25, 0.3) is 173 Å². The van der Waals surface area contributed by atoms with Crippen LogP contribution in [-0.4, -0.2) is 29.5 Å². The summed E-state index contributed by atoms with van der Waals surface area (Å²) in [6, 6.07) is 134. The van der Waals surface area contributed by atoms with Crippen molar-refractivity contribution in [2.24, 2.45) is 0 Å². The van der Waals surface area contributed by atoms with E-state index in [4.69, 9.17) is 28.2 Å². The SMILES string of the molecule is c1ccc(-n2c(-c3ccc4c(c3)C3(c5ccccc5-4)c4ccccc4-c4c3oc3ccccc43)nc3ccccc32)cc1.c1ccc2c(c1)-c1c(-c3nc4ccccc4[nH]3)cccc1C21c2ccccc2-c2c1oc1ccccc21.c1ccc2c(c1)-c1ccccc1C21c2cccc(-c3nc4ccccc4[nH]3)c2-c2c1oc1ccccc21. The molecule has 9 heteroatoms. The van der Waals surface area contributed by atoms with E-state index in [-0.39, 0.29) is 0 Å². The number of fused-ring (bicyclic) bond motifs is 39. The maximum Gasteiger partial charge on any atom is 0.145 e. The molecule has 0 radical (unpaired) electrons. The summed E-state index contributed by atoms with van der Waals surface area (Å²) in [7, 11) is 0. The fraction of sp³-hybridized carbons (Fsp3) is 0.0278. The van der Waals surface area contributed by atoms with Crippen molar-refractivity contribution in [3.05, 3.63) is 443 Å². The van der Waals surface area contributed by atoms with E-state index in [9.17, 15) is 0 Å². The number of nitrogens with zero attached hydrogens (tertiary/aromatic N) is 4. The lowest BCUT2D eigenvalue weighted by atomic mass is 9.73. The van der Waals surface area contributed by atoms with Crippen LogP contribution in [0.1, 0.15) is 67.4 Å². The van der Waals surface area contributed by atoms with Crippen LogP contribution in [0.4, 0.5) is 0 Å². The summed E-state index contributed by atoms with van der Waals surface area (Å²) >= 11 is 0. The first-order chi connectivity index (χ1) is 58.0. The Kier molecular flexibility index (Phi) is 13.0. The molecule has 117 heavy (non-hydrogen) atoms. The van der Waals surface area contributed by atoms with Crippen LogP contribution in [0.15, 0.2) is 389 Å². The van der Waals surface area contributed by atoms with Gasteiger partial charge in [-0.2, -0.15) is 0 Å². The molecule has 0 amide bonds. The van der Waals surface area contributed by atoms with E-state index < -0.39 is 16.2 Å². The van der Waals surface area contributed by atoms with Crippen molar-refractivity contribution < 1.29 is 13.3 Å². The minimum Gasteiger partial charge on any atom is -0.459 e. The van der Waals surface area contributed by atoms with Gasteiger partial charge in [0, 0.05) is 60.8 Å². The molecule has 6 aliphatic rings. The molecule has 2 unspecified atom stereocenters. The molecule has 0 saturated heterocycles. The van der Waals surface area contributed by atoms with Gasteiger partial charge in [-0.3, -0.25) is 4.57 Å². The number of aromatic nitrogens is 6. The Labute approximate surface area is 670 Å². The summed E-state index contributed by atoms with van der Waals surface area (Å²) in [6.07, 6.45) is 0. The highest BCUT2D eigenvalue weighted by Crippen LogP contribution is 2.69. The largest absolute Gasteiger partial charge is 0.459 e. The monoisotopic (exact) mass is 1490 g/mol. The molecule has 6 aliphatic carbocycles. The fourth-order valence-electron chi connectivity index (χ4n) is 21.5. The van der Waals surface area contributed by atoms with Crippen LogP contribution in [-0.2, 0) is 16.2 Å². The van der Waals surface area contributed by atoms with Crippen LogP contribution in [0.3, 0.4) is 0 Å². The van der Waals surface area contributed by atoms with Crippen molar-refractivity contribution in [3.63, 3.8) is 0 Å². The van der Waals surface area contributed by atoms with Gasteiger partial charge in [0.1, 0.15) is 67.7 Å². The molecular formula is C108H64N6O3. The standard InChI is InChI=1S/C40H24N2O.2C34H20N2O/c1-2-12-26(13-3-1)42-35-20-10-9-19-34(35)41-39(42)25-22-23-28-27-14-4-7-17-31(27)40(33(28)24-25)32-18-8-5-15-29(32)37-30-16-6-11-21-36(30)43-38(37)40;1-4-14-24-20(10-1)30-23(33-35-27-17-6-7-18-28(27)36-33)13-9-16-26(30)34(24)25-15-5-2-11-21(25)31-22-12-3-8-19-29(22)37-32(31)34;1-4-14-24-20(10-1)21-11-2-5-15-25(21)34(24)26-16-9-13-23(33-35-27-17-6-7-18-28(27)36-33)30(26)31-22-12-3-8-19-29(22)37-32(31)34/h1-24H;2*1-19H,(H,35,36). The second-order valence-corrected chi connectivity index (χ2v) is 31.4. The first-order valence-electron chi connectivity index (χ1n) is 40.1. The zero-order valence-electron chi connectivity index (χ0n) is 62.8. The number of H-pyrrole nitrogens is 2. The van der Waals surface area contributed by atoms with Crippen molar-refractivity contribution in [2.45, 2.75) is 16.2 Å². The predicted molar refractivity (Wildman–Crippen MR) is 468 cm³/mol. The molecule has 2 N–H and O–H groups in total. The minimum absolute atomic E-state index is 0.515. The second-order valence-electron chi connectivity index (χ2n) is 31.4. The third kappa shape index (κ3) is 8.37. The fourth-order valence-corrected chi connectivity index (χ4v) is 21.5. The predicted octanol–water partition coefficient (Wildman–Crippen LogP) is 26.4. The summed E-state index contributed by atoms with van der Waals surface area (Å²) in [4.78, 5) is 22.4. The zero-order chi connectivity index (χ0) is 76.4. The van der Waals surface area contributed by atoms with Gasteiger partial charge in [0.15, 0.2) is 0 Å². The molecule has 28 rings (SSSR count). The maximum atomic E-state index is 6.91. The van der Waals surface area contributed by atoms with Gasteiger partial charge >= 0.3 is 0 Å². The van der Waals surface area contributed by atoms with Gasteiger partial charge in [0.2, 0.25) is 0 Å². The number of rotatable bonds is 4. The van der Waals surface area contributed by atoms with E-state index in [1.807, 2.05) is 24.3 Å². The molecule has 0 fully saturated rings. The molecule has 0 saturated carbocycles. The molecule has 3 spiro atoms. The van der Waals surface area contributed by atoms with Gasteiger partial charge < -0.3 is 23.2 Å². The lowest BCUT2D eigenvalue weighted by molar-refractivity contribution is 0.506. The van der Waals surface area contributed by atoms with Crippen LogP contribution in [0, 0.1) is 0 Å². The normalized spacial score (nSPS) is 15.7. The Hall–Kier alpha value is -15.5. The van der Waals surface area contributed by atoms with E-state index in [2.05, 4.69) is 366 Å². The van der Waals surface area contributed by atoms with Crippen molar-refractivity contribution in [1.82, 2.24) is 29.5 Å². The number of nitrogens with one attached hydrogen (secondary N) is 2. The molecular weight excluding hydrogens is 1430 g/mol. The van der Waals surface area contributed by atoms with Crippen LogP contribution >= 0.6 is 0 Å². The number of aromatic amines is 2. The highest BCUT2D eigenvalue weighted by Gasteiger charge is 2.59. The number of para-hydroxylation sites is 10. The highest BCUT2D eigenvalue weighted by molar-refractivity contribution is 6.11. The van der Waals surface area contributed by atoms with Gasteiger partial charge in [-0.25, -0.2) is 15.0 Å². The lowest BCUT2D eigenvalue weighted by Gasteiger charge is -2.28. The van der Waals surface area contributed by atoms with E-state index in [1.54, 1.807) is 0 Å². The Bertz CT molecular complexity index is 7900. The topological polar surface area (TPSA) is 115 Å². The second kappa shape index (κ2) is 23.8. The molecule has 16 aromatic carbocycles. The number of imidazole rings is 3. The van der Waals surface area contributed by atoms with Crippen molar-refractivity contribution >= 4 is 66.0 Å². The van der Waals surface area contributed by atoms with E-state index in [0.717, 1.165) is 118 Å². The molecule has 9 nitrogen and oxygen atoms in total. The summed E-state index contributed by atoms with van der Waals surface area (Å²) < 4.78 is 22.9. The van der Waals surface area contributed by atoms with Gasteiger partial charge in [-0.1, -0.05) is 303 Å². The average Bonchev–Trinajstić information content (AvgIpc) is 1.51. The molecule has 2 atom stereocenters. The Morgan fingerprint density at radius 3 is 1.09 bits per heavy atom. The number of hydrogen-bond acceptors (Lipinski definition) is 6. The van der Waals surface area contributed by atoms with Crippen molar-refractivity contribution in [3.8, 4) is 107 Å². The summed E-state index contributed by atoms with van der Waals surface area (Å²) in [5.74, 6) is 5.73. The van der Waals surface area contributed by atoms with Crippen LogP contribution in [0.5, 0.6) is 0 Å². The first-order valence-corrected chi connectivity index (χ1v) is 40.1. The lowest BCUT2D eigenvalue weighted by Crippen LogP contribution is -2.25. The van der Waals surface area contributed by atoms with Crippen LogP contribution in [0.2, 0.25) is 0 Å².